The molecule has 0 N–H and O–H groups in total. The van der Waals surface area contributed by atoms with Gasteiger partial charge in [-0.3, -0.25) is 9.78 Å². The zero-order valence-corrected chi connectivity index (χ0v) is 12.3. The molecule has 1 amide bonds. The summed E-state index contributed by atoms with van der Waals surface area (Å²) in [6.07, 6.45) is 4.41. The Kier molecular flexibility index (Phi) is 3.29. The Morgan fingerprint density at radius 1 is 1.14 bits per heavy atom. The molecule has 0 saturated carbocycles. The van der Waals surface area contributed by atoms with E-state index in [0.717, 1.165) is 30.8 Å². The van der Waals surface area contributed by atoms with Crippen LogP contribution in [-0.4, -0.2) is 35.5 Å². The summed E-state index contributed by atoms with van der Waals surface area (Å²) >= 11 is 0. The number of para-hydroxylation sites is 1. The summed E-state index contributed by atoms with van der Waals surface area (Å²) in [7, 11) is 0. The van der Waals surface area contributed by atoms with Gasteiger partial charge in [-0.05, 0) is 35.7 Å². The van der Waals surface area contributed by atoms with Gasteiger partial charge in [0.15, 0.2) is 0 Å². The summed E-state index contributed by atoms with van der Waals surface area (Å²) < 4.78 is 5.73. The fourth-order valence-electron chi connectivity index (χ4n) is 3.25. The highest BCUT2D eigenvalue weighted by atomic mass is 16.5. The summed E-state index contributed by atoms with van der Waals surface area (Å²) in [6.45, 7) is 2.11. The molecule has 1 unspecified atom stereocenters. The number of pyridine rings is 1. The monoisotopic (exact) mass is 294 g/mol. The number of likely N-dealkylation sites (tertiary alicyclic amines) is 1. The molecule has 1 fully saturated rings. The molecule has 0 spiro atoms. The molecule has 2 aliphatic heterocycles. The normalized spacial score (nSPS) is 20.7. The zero-order valence-electron chi connectivity index (χ0n) is 12.3. The minimum absolute atomic E-state index is 0.0479. The Morgan fingerprint density at radius 2 is 1.91 bits per heavy atom. The van der Waals surface area contributed by atoms with Crippen molar-refractivity contribution in [1.82, 2.24) is 9.88 Å². The van der Waals surface area contributed by atoms with E-state index in [2.05, 4.69) is 4.98 Å². The maximum Gasteiger partial charge on any atom is 0.229 e. The Bertz CT molecular complexity index is 680. The van der Waals surface area contributed by atoms with Crippen molar-refractivity contribution in [3.05, 3.63) is 59.9 Å². The van der Waals surface area contributed by atoms with Crippen LogP contribution in [0.2, 0.25) is 0 Å². The number of rotatable bonds is 2. The van der Waals surface area contributed by atoms with Gasteiger partial charge < -0.3 is 9.64 Å². The first-order valence-corrected chi connectivity index (χ1v) is 7.70. The first-order valence-electron chi connectivity index (χ1n) is 7.70. The maximum absolute atomic E-state index is 12.6. The van der Waals surface area contributed by atoms with Crippen LogP contribution in [-0.2, 0) is 11.2 Å². The maximum atomic E-state index is 12.6. The molecule has 112 valence electrons. The number of carbonyl (C=O) groups excluding carboxylic acids is 1. The highest BCUT2D eigenvalue weighted by Gasteiger charge is 2.36. The van der Waals surface area contributed by atoms with Crippen molar-refractivity contribution in [2.24, 2.45) is 5.92 Å². The number of aromatic nitrogens is 1. The van der Waals surface area contributed by atoms with Crippen LogP contribution in [0.25, 0.3) is 0 Å². The van der Waals surface area contributed by atoms with Crippen LogP contribution >= 0.6 is 0 Å². The third-order valence-corrected chi connectivity index (χ3v) is 4.60. The summed E-state index contributed by atoms with van der Waals surface area (Å²) in [5.41, 5.74) is 2.41. The Balaban J connectivity index is 1.38. The van der Waals surface area contributed by atoms with Crippen LogP contribution in [0.1, 0.15) is 17.0 Å². The molecule has 1 atom stereocenters. The number of carbonyl (C=O) groups is 1. The van der Waals surface area contributed by atoms with Gasteiger partial charge in [0.2, 0.25) is 5.91 Å². The number of benzene rings is 1. The third kappa shape index (κ3) is 2.34. The molecule has 0 aliphatic carbocycles. The molecule has 1 aromatic carbocycles. The molecule has 1 saturated heterocycles. The molecular formula is C18H18N2O2. The van der Waals surface area contributed by atoms with E-state index in [1.165, 1.54) is 5.56 Å². The van der Waals surface area contributed by atoms with Crippen molar-refractivity contribution in [2.75, 3.05) is 19.7 Å². The Labute approximate surface area is 129 Å². The predicted octanol–water partition coefficient (Wildman–Crippen LogP) is 2.26. The highest BCUT2D eigenvalue weighted by molar-refractivity contribution is 5.80. The fourth-order valence-corrected chi connectivity index (χ4v) is 3.25. The number of hydrogen-bond acceptors (Lipinski definition) is 3. The van der Waals surface area contributed by atoms with E-state index in [-0.39, 0.29) is 11.8 Å². The fraction of sp³-hybridized carbons (Fsp3) is 0.333. The summed E-state index contributed by atoms with van der Waals surface area (Å²) in [6, 6.07) is 12.1. The van der Waals surface area contributed by atoms with Crippen molar-refractivity contribution in [3.8, 4) is 5.75 Å². The number of amides is 1. The molecule has 3 heterocycles. The van der Waals surface area contributed by atoms with E-state index in [9.17, 15) is 4.79 Å². The van der Waals surface area contributed by atoms with Crippen LogP contribution in [0, 0.1) is 5.92 Å². The molecule has 4 nitrogen and oxygen atoms in total. The average molecular weight is 294 g/mol. The second-order valence-corrected chi connectivity index (χ2v) is 6.04. The lowest BCUT2D eigenvalue weighted by Gasteiger charge is -2.42. The SMILES string of the molecule is O=C(C1COc2ccccc2C1)N1CC(c2ccncc2)C1. The molecule has 0 radical (unpaired) electrons. The van der Waals surface area contributed by atoms with E-state index < -0.39 is 0 Å². The largest absolute Gasteiger partial charge is 0.492 e. The van der Waals surface area contributed by atoms with Gasteiger partial charge >= 0.3 is 0 Å². The summed E-state index contributed by atoms with van der Waals surface area (Å²) in [5.74, 6) is 1.54. The van der Waals surface area contributed by atoms with E-state index >= 15 is 0 Å². The van der Waals surface area contributed by atoms with Gasteiger partial charge in [0.05, 0.1) is 5.92 Å². The lowest BCUT2D eigenvalue weighted by atomic mass is 9.89. The number of hydrogen-bond donors (Lipinski definition) is 0. The van der Waals surface area contributed by atoms with Gasteiger partial charge in [0.25, 0.3) is 0 Å². The van der Waals surface area contributed by atoms with Crippen LogP contribution < -0.4 is 4.74 Å². The quantitative estimate of drug-likeness (QED) is 0.853. The molecule has 4 rings (SSSR count). The third-order valence-electron chi connectivity index (χ3n) is 4.60. The predicted molar refractivity (Wildman–Crippen MR) is 82.7 cm³/mol. The van der Waals surface area contributed by atoms with E-state index in [1.54, 1.807) is 0 Å². The summed E-state index contributed by atoms with van der Waals surface area (Å²) in [4.78, 5) is 18.6. The van der Waals surface area contributed by atoms with Gasteiger partial charge in [-0.2, -0.15) is 0 Å². The smallest absolute Gasteiger partial charge is 0.229 e. The number of fused-ring (bicyclic) bond motifs is 1. The van der Waals surface area contributed by atoms with Crippen molar-refractivity contribution in [2.45, 2.75) is 12.3 Å². The average Bonchev–Trinajstić information content (AvgIpc) is 2.54. The molecule has 22 heavy (non-hydrogen) atoms. The zero-order chi connectivity index (χ0) is 14.9. The van der Waals surface area contributed by atoms with Gasteiger partial charge in [-0.15, -0.1) is 0 Å². The van der Waals surface area contributed by atoms with Gasteiger partial charge in [-0.25, -0.2) is 0 Å². The minimum atomic E-state index is -0.0479. The second-order valence-electron chi connectivity index (χ2n) is 6.04. The van der Waals surface area contributed by atoms with Crippen molar-refractivity contribution in [1.29, 1.82) is 0 Å². The van der Waals surface area contributed by atoms with Crippen molar-refractivity contribution in [3.63, 3.8) is 0 Å². The Hall–Kier alpha value is -2.36. The molecular weight excluding hydrogens is 276 g/mol. The van der Waals surface area contributed by atoms with Crippen LogP contribution in [0.15, 0.2) is 48.8 Å². The molecule has 0 bridgehead atoms. The van der Waals surface area contributed by atoms with Gasteiger partial charge in [0.1, 0.15) is 12.4 Å². The van der Waals surface area contributed by atoms with E-state index in [4.69, 9.17) is 4.74 Å². The van der Waals surface area contributed by atoms with Gasteiger partial charge in [-0.1, -0.05) is 18.2 Å². The number of nitrogens with zero attached hydrogens (tertiary/aromatic N) is 2. The molecule has 1 aromatic heterocycles. The topological polar surface area (TPSA) is 42.4 Å². The van der Waals surface area contributed by atoms with Crippen LogP contribution in [0.5, 0.6) is 5.75 Å². The van der Waals surface area contributed by atoms with Crippen molar-refractivity contribution < 1.29 is 9.53 Å². The number of ether oxygens (including phenoxy) is 1. The first-order chi connectivity index (χ1) is 10.8. The first kappa shape index (κ1) is 13.3. The van der Waals surface area contributed by atoms with Gasteiger partial charge in [0, 0.05) is 31.4 Å². The molecule has 2 aromatic rings. The summed E-state index contributed by atoms with van der Waals surface area (Å²) in [5, 5.41) is 0. The standard InChI is InChI=1S/C18H18N2O2/c21-18(15-9-14-3-1-2-4-17(14)22-12-15)20-10-16(11-20)13-5-7-19-8-6-13/h1-8,15-16H,9-12H2. The van der Waals surface area contributed by atoms with Crippen LogP contribution in [0.3, 0.4) is 0 Å². The lowest BCUT2D eigenvalue weighted by molar-refractivity contribution is -0.141. The van der Waals surface area contributed by atoms with Crippen LogP contribution in [0.4, 0.5) is 0 Å². The highest BCUT2D eigenvalue weighted by Crippen LogP contribution is 2.31. The van der Waals surface area contributed by atoms with E-state index in [0.29, 0.717) is 12.5 Å². The molecule has 2 aliphatic rings. The molecule has 4 heteroatoms. The van der Waals surface area contributed by atoms with E-state index in [1.807, 2.05) is 53.7 Å². The Morgan fingerprint density at radius 3 is 2.73 bits per heavy atom. The second kappa shape index (κ2) is 5.44. The van der Waals surface area contributed by atoms with Crippen molar-refractivity contribution >= 4 is 5.91 Å². The minimum Gasteiger partial charge on any atom is -0.492 e. The lowest BCUT2D eigenvalue weighted by Crippen LogP contribution is -2.52.